The molecule has 2 unspecified atom stereocenters. The van der Waals surface area contributed by atoms with E-state index in [2.05, 4.69) is 49.8 Å². The Morgan fingerprint density at radius 3 is 2.32 bits per heavy atom. The average Bonchev–Trinajstić information content (AvgIpc) is 2.81. The molecule has 22 heavy (non-hydrogen) atoms. The number of halogens is 2. The van der Waals surface area contributed by atoms with Gasteiger partial charge in [0, 0.05) is 31.0 Å². The highest BCUT2D eigenvalue weighted by molar-refractivity contribution is 9.10. The van der Waals surface area contributed by atoms with E-state index in [1.165, 1.54) is 4.90 Å². The summed E-state index contributed by atoms with van der Waals surface area (Å²) < 4.78 is 19.7. The number of likely N-dealkylation sites (tertiary alicyclic amines) is 1. The zero-order chi connectivity index (χ0) is 17.0. The zero-order valence-electron chi connectivity index (χ0n) is 14.1. The van der Waals surface area contributed by atoms with E-state index in [4.69, 9.17) is 9.53 Å². The molecule has 0 aromatic carbocycles. The van der Waals surface area contributed by atoms with Crippen LogP contribution in [0.1, 0.15) is 33.6 Å². The molecule has 1 N–H and O–H groups in total. The van der Waals surface area contributed by atoms with E-state index in [0.29, 0.717) is 32.5 Å². The molecular formula is C15H27BrFNO3Si. The molecule has 1 aliphatic heterocycles. The Balaban J connectivity index is 1.98. The Labute approximate surface area is 141 Å². The first kappa shape index (κ1) is 18.2. The first-order valence-electron chi connectivity index (χ1n) is 7.85. The number of carbonyl (C=O) groups is 1. The van der Waals surface area contributed by atoms with E-state index >= 15 is 0 Å². The van der Waals surface area contributed by atoms with E-state index in [-0.39, 0.29) is 11.0 Å². The van der Waals surface area contributed by atoms with Crippen LogP contribution < -0.4 is 0 Å². The molecule has 2 fully saturated rings. The van der Waals surface area contributed by atoms with Crippen molar-refractivity contribution >= 4 is 30.3 Å². The minimum Gasteiger partial charge on any atom is -0.465 e. The van der Waals surface area contributed by atoms with Crippen molar-refractivity contribution in [3.8, 4) is 0 Å². The summed E-state index contributed by atoms with van der Waals surface area (Å²) in [5.41, 5.74) is -0.457. The zero-order valence-corrected chi connectivity index (χ0v) is 16.7. The minimum atomic E-state index is -1.89. The molecule has 0 aromatic rings. The van der Waals surface area contributed by atoms with Crippen LogP contribution in [0.3, 0.4) is 0 Å². The number of rotatable bonds is 3. The number of nitrogens with zero attached hydrogens (tertiary/aromatic N) is 1. The van der Waals surface area contributed by atoms with Gasteiger partial charge in [-0.15, -0.1) is 0 Å². The van der Waals surface area contributed by atoms with Crippen LogP contribution in [0.25, 0.3) is 0 Å². The van der Waals surface area contributed by atoms with Crippen LogP contribution in [0.4, 0.5) is 9.18 Å². The molecule has 1 spiro atoms. The molecule has 0 aromatic heterocycles. The first-order chi connectivity index (χ1) is 9.85. The maximum absolute atomic E-state index is 14.9. The van der Waals surface area contributed by atoms with E-state index in [1.807, 2.05) is 0 Å². The van der Waals surface area contributed by atoms with Crippen molar-refractivity contribution in [1.82, 2.24) is 4.90 Å². The summed E-state index contributed by atoms with van der Waals surface area (Å²) in [6, 6.07) is 0. The summed E-state index contributed by atoms with van der Waals surface area (Å²) in [4.78, 5) is 12.4. The number of carboxylic acid groups (broad SMARTS) is 1. The number of hydrogen-bond donors (Lipinski definition) is 1. The maximum atomic E-state index is 14.9. The molecule has 4 nitrogen and oxygen atoms in total. The predicted molar refractivity (Wildman–Crippen MR) is 90.7 cm³/mol. The molecule has 7 heteroatoms. The van der Waals surface area contributed by atoms with Crippen molar-refractivity contribution in [2.24, 2.45) is 11.3 Å². The lowest BCUT2D eigenvalue weighted by atomic mass is 9.91. The van der Waals surface area contributed by atoms with Gasteiger partial charge in [0.05, 0.1) is 0 Å². The van der Waals surface area contributed by atoms with Crippen LogP contribution in [-0.2, 0) is 4.43 Å². The number of amides is 1. The summed E-state index contributed by atoms with van der Waals surface area (Å²) in [5, 5.41) is 9.13. The van der Waals surface area contributed by atoms with Crippen LogP contribution >= 0.6 is 15.9 Å². The molecule has 128 valence electrons. The van der Waals surface area contributed by atoms with Crippen molar-refractivity contribution in [2.75, 3.05) is 19.7 Å². The molecule has 2 atom stereocenters. The van der Waals surface area contributed by atoms with Crippen molar-refractivity contribution < 1.29 is 18.7 Å². The van der Waals surface area contributed by atoms with Crippen molar-refractivity contribution in [2.45, 2.75) is 56.3 Å². The van der Waals surface area contributed by atoms with Crippen molar-refractivity contribution in [3.63, 3.8) is 0 Å². The Morgan fingerprint density at radius 2 is 1.91 bits per heavy atom. The minimum absolute atomic E-state index is 0.104. The predicted octanol–water partition coefficient (Wildman–Crippen LogP) is 4.46. The second kappa shape index (κ2) is 5.45. The maximum Gasteiger partial charge on any atom is 0.407 e. The summed E-state index contributed by atoms with van der Waals surface area (Å²) in [5.74, 6) is -0.176. The first-order valence-corrected chi connectivity index (χ1v) is 11.5. The number of hydrogen-bond acceptors (Lipinski definition) is 2. The van der Waals surface area contributed by atoms with Crippen molar-refractivity contribution in [3.05, 3.63) is 0 Å². The third-order valence-electron chi connectivity index (χ3n) is 6.03. The highest BCUT2D eigenvalue weighted by Gasteiger charge is 2.77. The summed E-state index contributed by atoms with van der Waals surface area (Å²) in [7, 11) is -1.89. The topological polar surface area (TPSA) is 49.8 Å². The normalized spacial score (nSPS) is 31.4. The fourth-order valence-electron chi connectivity index (χ4n) is 3.14. The van der Waals surface area contributed by atoms with Crippen molar-refractivity contribution in [1.29, 1.82) is 0 Å². The Morgan fingerprint density at radius 1 is 1.41 bits per heavy atom. The highest BCUT2D eigenvalue weighted by Crippen LogP contribution is 2.73. The monoisotopic (exact) mass is 395 g/mol. The van der Waals surface area contributed by atoms with Gasteiger partial charge in [-0.3, -0.25) is 0 Å². The molecule has 1 heterocycles. The van der Waals surface area contributed by atoms with Crippen LogP contribution in [0.5, 0.6) is 0 Å². The van der Waals surface area contributed by atoms with Gasteiger partial charge in [-0.25, -0.2) is 9.18 Å². The highest BCUT2D eigenvalue weighted by atomic mass is 79.9. The van der Waals surface area contributed by atoms with Gasteiger partial charge >= 0.3 is 6.09 Å². The van der Waals surface area contributed by atoms with Gasteiger partial charge in [0.1, 0.15) is 0 Å². The van der Waals surface area contributed by atoms with E-state index in [9.17, 15) is 9.18 Å². The molecule has 0 radical (unpaired) electrons. The lowest BCUT2D eigenvalue weighted by Crippen LogP contribution is -2.42. The van der Waals surface area contributed by atoms with Gasteiger partial charge in [0.2, 0.25) is 0 Å². The van der Waals surface area contributed by atoms with Crippen LogP contribution in [0, 0.1) is 11.3 Å². The van der Waals surface area contributed by atoms with E-state index < -0.39 is 24.4 Å². The van der Waals surface area contributed by atoms with Crippen LogP contribution in [-0.4, -0.2) is 48.7 Å². The van der Waals surface area contributed by atoms with Crippen LogP contribution in [0.2, 0.25) is 18.1 Å². The Hall–Kier alpha value is -0.143. The van der Waals surface area contributed by atoms with Crippen LogP contribution in [0.15, 0.2) is 0 Å². The Kier molecular flexibility index (Phi) is 4.51. The van der Waals surface area contributed by atoms with Gasteiger partial charge in [0.15, 0.2) is 12.9 Å². The van der Waals surface area contributed by atoms with E-state index in [1.54, 1.807) is 0 Å². The lowest BCUT2D eigenvalue weighted by Gasteiger charge is -2.36. The van der Waals surface area contributed by atoms with Gasteiger partial charge in [-0.1, -0.05) is 20.8 Å². The molecule has 2 aliphatic rings. The number of piperidine rings is 1. The molecule has 1 saturated carbocycles. The summed E-state index contributed by atoms with van der Waals surface area (Å²) in [6.45, 7) is 12.1. The fraction of sp³-hybridized carbons (Fsp3) is 0.933. The smallest absolute Gasteiger partial charge is 0.407 e. The van der Waals surface area contributed by atoms with E-state index in [0.717, 1.165) is 0 Å². The Bertz CT molecular complexity index is 456. The second-order valence-electron chi connectivity index (χ2n) is 8.17. The summed E-state index contributed by atoms with van der Waals surface area (Å²) in [6.07, 6.45) is 0.211. The largest absolute Gasteiger partial charge is 0.465 e. The molecular weight excluding hydrogens is 369 g/mol. The SMILES string of the molecule is CC(C)(C)[Si](C)(C)OCC1C(F)(Br)C12CCN(C(=O)O)CC2. The second-order valence-corrected chi connectivity index (χ2v) is 14.1. The van der Waals surface area contributed by atoms with Gasteiger partial charge < -0.3 is 14.4 Å². The van der Waals surface area contributed by atoms with Gasteiger partial charge in [0.25, 0.3) is 0 Å². The standard InChI is InChI=1S/C15H27BrFNO3Si/c1-13(2,3)22(4,5)21-10-11-14(15(11,16)17)6-8-18(9-7-14)12(19)20/h11H,6-10H2,1-5H3,(H,19,20). The molecule has 1 amide bonds. The van der Waals surface area contributed by atoms with Gasteiger partial charge in [-0.05, 0) is 46.9 Å². The molecule has 1 saturated heterocycles. The third kappa shape index (κ3) is 2.84. The lowest BCUT2D eigenvalue weighted by molar-refractivity contribution is 0.108. The number of alkyl halides is 2. The molecule has 0 bridgehead atoms. The fourth-order valence-corrected chi connectivity index (χ4v) is 5.29. The molecule has 2 rings (SSSR count). The molecule has 1 aliphatic carbocycles. The quantitative estimate of drug-likeness (QED) is 0.566. The van der Waals surface area contributed by atoms with Gasteiger partial charge in [-0.2, -0.15) is 0 Å². The summed E-state index contributed by atoms with van der Waals surface area (Å²) >= 11 is 3.25. The average molecular weight is 396 g/mol. The third-order valence-corrected chi connectivity index (χ3v) is 11.9.